The van der Waals surface area contributed by atoms with Gasteiger partial charge in [0.25, 0.3) is 0 Å². The average Bonchev–Trinajstić information content (AvgIpc) is 2.63. The number of halogens is 2. The van der Waals surface area contributed by atoms with Crippen molar-refractivity contribution >= 4 is 29.1 Å². The highest BCUT2D eigenvalue weighted by Crippen LogP contribution is 2.27. The van der Waals surface area contributed by atoms with E-state index in [2.05, 4.69) is 29.3 Å². The van der Waals surface area contributed by atoms with Crippen LogP contribution >= 0.6 is 23.2 Å². The van der Waals surface area contributed by atoms with Gasteiger partial charge in [0.15, 0.2) is 0 Å². The largest absolute Gasteiger partial charge is 0.352 e. The fraction of sp³-hybridized carbons (Fsp3) is 0.381. The molecule has 1 aliphatic heterocycles. The van der Waals surface area contributed by atoms with Crippen LogP contribution in [0.2, 0.25) is 10.0 Å². The van der Waals surface area contributed by atoms with Gasteiger partial charge < -0.3 is 5.32 Å². The maximum atomic E-state index is 12.6. The second kappa shape index (κ2) is 8.90. The van der Waals surface area contributed by atoms with Gasteiger partial charge in [-0.1, -0.05) is 59.1 Å². The maximum absolute atomic E-state index is 12.6. The standard InChI is InChI=1S/C21H24Cl2N2O/c1-15-5-2-6-16(11-15)12-24-21(26)17-7-4-10-25(13-17)14-18-19(22)8-3-9-20(18)23/h2-3,5-6,8-9,11,17H,4,7,10,12-14H2,1H3,(H,24,26)/t17-/m0/s1. The van der Waals surface area contributed by atoms with E-state index in [1.165, 1.54) is 5.56 Å². The van der Waals surface area contributed by atoms with Crippen LogP contribution in [-0.4, -0.2) is 23.9 Å². The Bertz CT molecular complexity index is 758. The third-order valence-corrected chi connectivity index (χ3v) is 5.58. The summed E-state index contributed by atoms with van der Waals surface area (Å²) in [4.78, 5) is 14.9. The predicted molar refractivity (Wildman–Crippen MR) is 107 cm³/mol. The van der Waals surface area contributed by atoms with Crippen LogP contribution < -0.4 is 5.32 Å². The quantitative estimate of drug-likeness (QED) is 0.792. The zero-order valence-corrected chi connectivity index (χ0v) is 16.5. The number of amides is 1. The number of likely N-dealkylation sites (tertiary alicyclic amines) is 1. The van der Waals surface area contributed by atoms with E-state index >= 15 is 0 Å². The Balaban J connectivity index is 1.56. The van der Waals surface area contributed by atoms with E-state index < -0.39 is 0 Å². The van der Waals surface area contributed by atoms with Crippen LogP contribution in [0.15, 0.2) is 42.5 Å². The number of carbonyl (C=O) groups is 1. The average molecular weight is 391 g/mol. The summed E-state index contributed by atoms with van der Waals surface area (Å²) in [5, 5.41) is 4.45. The first-order valence-electron chi connectivity index (χ1n) is 9.01. The SMILES string of the molecule is Cc1cccc(CNC(=O)[C@H]2CCCN(Cc3c(Cl)cccc3Cl)C2)c1. The summed E-state index contributed by atoms with van der Waals surface area (Å²) < 4.78 is 0. The van der Waals surface area contributed by atoms with Crippen molar-refractivity contribution in [2.24, 2.45) is 5.92 Å². The lowest BCUT2D eigenvalue weighted by molar-refractivity contribution is -0.126. The van der Waals surface area contributed by atoms with E-state index in [0.717, 1.165) is 37.1 Å². The Kier molecular flexibility index (Phi) is 6.58. The van der Waals surface area contributed by atoms with Crippen molar-refractivity contribution < 1.29 is 4.79 Å². The minimum absolute atomic E-state index is 0.00909. The molecule has 1 aliphatic rings. The van der Waals surface area contributed by atoms with E-state index in [9.17, 15) is 4.79 Å². The smallest absolute Gasteiger partial charge is 0.224 e. The molecule has 2 aromatic rings. The maximum Gasteiger partial charge on any atom is 0.224 e. The van der Waals surface area contributed by atoms with Crippen LogP contribution in [0.25, 0.3) is 0 Å². The molecule has 0 aliphatic carbocycles. The van der Waals surface area contributed by atoms with Crippen LogP contribution in [-0.2, 0) is 17.9 Å². The zero-order valence-electron chi connectivity index (χ0n) is 15.0. The third-order valence-electron chi connectivity index (χ3n) is 4.87. The summed E-state index contributed by atoms with van der Waals surface area (Å²) in [7, 11) is 0. The van der Waals surface area contributed by atoms with Gasteiger partial charge in [-0.15, -0.1) is 0 Å². The fourth-order valence-corrected chi connectivity index (χ4v) is 3.99. The Morgan fingerprint density at radius 1 is 1.19 bits per heavy atom. The first-order chi connectivity index (χ1) is 12.5. The van der Waals surface area contributed by atoms with E-state index in [1.54, 1.807) is 0 Å². The number of carbonyl (C=O) groups excluding carboxylic acids is 1. The molecule has 3 nitrogen and oxygen atoms in total. The van der Waals surface area contributed by atoms with Gasteiger partial charge in [-0.05, 0) is 44.0 Å². The fourth-order valence-electron chi connectivity index (χ4n) is 3.48. The molecule has 0 bridgehead atoms. The Hall–Kier alpha value is -1.55. The highest BCUT2D eigenvalue weighted by Gasteiger charge is 2.26. The first kappa shape index (κ1) is 19.2. The molecule has 0 spiro atoms. The summed E-state index contributed by atoms with van der Waals surface area (Å²) in [5.41, 5.74) is 3.28. The molecule has 0 unspecified atom stereocenters. The number of hydrogen-bond donors (Lipinski definition) is 1. The van der Waals surface area contributed by atoms with Crippen molar-refractivity contribution in [1.29, 1.82) is 0 Å². The van der Waals surface area contributed by atoms with Gasteiger partial charge >= 0.3 is 0 Å². The topological polar surface area (TPSA) is 32.3 Å². The second-order valence-corrected chi connectivity index (χ2v) is 7.80. The Morgan fingerprint density at radius 3 is 2.65 bits per heavy atom. The number of nitrogens with one attached hydrogen (secondary N) is 1. The van der Waals surface area contributed by atoms with Crippen LogP contribution in [0.5, 0.6) is 0 Å². The number of rotatable bonds is 5. The number of aryl methyl sites for hydroxylation is 1. The van der Waals surface area contributed by atoms with E-state index in [0.29, 0.717) is 23.1 Å². The van der Waals surface area contributed by atoms with Crippen molar-refractivity contribution in [3.63, 3.8) is 0 Å². The monoisotopic (exact) mass is 390 g/mol. The number of hydrogen-bond acceptors (Lipinski definition) is 2. The molecule has 1 fully saturated rings. The number of piperidine rings is 1. The Labute approximate surface area is 165 Å². The van der Waals surface area contributed by atoms with Gasteiger partial charge in [-0.3, -0.25) is 9.69 Å². The molecular formula is C21H24Cl2N2O. The lowest BCUT2D eigenvalue weighted by Crippen LogP contribution is -2.42. The van der Waals surface area contributed by atoms with Crippen molar-refractivity contribution in [3.05, 3.63) is 69.2 Å². The lowest BCUT2D eigenvalue weighted by atomic mass is 9.96. The van der Waals surface area contributed by atoms with Crippen molar-refractivity contribution in [1.82, 2.24) is 10.2 Å². The van der Waals surface area contributed by atoms with Crippen molar-refractivity contribution in [2.45, 2.75) is 32.9 Å². The minimum atomic E-state index is 0.00909. The molecule has 5 heteroatoms. The predicted octanol–water partition coefficient (Wildman–Crippen LogP) is 4.83. The molecule has 1 atom stereocenters. The molecule has 0 radical (unpaired) electrons. The molecule has 26 heavy (non-hydrogen) atoms. The summed E-state index contributed by atoms with van der Waals surface area (Å²) in [6, 6.07) is 13.8. The van der Waals surface area contributed by atoms with E-state index in [1.807, 2.05) is 30.3 Å². The second-order valence-electron chi connectivity index (χ2n) is 6.98. The van der Waals surface area contributed by atoms with Gasteiger partial charge in [0, 0.05) is 35.2 Å². The molecular weight excluding hydrogens is 367 g/mol. The van der Waals surface area contributed by atoms with Gasteiger partial charge in [-0.25, -0.2) is 0 Å². The van der Waals surface area contributed by atoms with E-state index in [-0.39, 0.29) is 11.8 Å². The molecule has 1 N–H and O–H groups in total. The zero-order chi connectivity index (χ0) is 18.5. The van der Waals surface area contributed by atoms with Crippen LogP contribution in [0.4, 0.5) is 0 Å². The summed E-state index contributed by atoms with van der Waals surface area (Å²) in [6.45, 7) is 5.02. The van der Waals surface area contributed by atoms with Crippen LogP contribution in [0.1, 0.15) is 29.5 Å². The van der Waals surface area contributed by atoms with Crippen LogP contribution in [0, 0.1) is 12.8 Å². The molecule has 1 amide bonds. The van der Waals surface area contributed by atoms with Gasteiger partial charge in [0.1, 0.15) is 0 Å². The molecule has 1 saturated heterocycles. The first-order valence-corrected chi connectivity index (χ1v) is 9.77. The van der Waals surface area contributed by atoms with Gasteiger partial charge in [0.05, 0.1) is 5.92 Å². The van der Waals surface area contributed by atoms with Gasteiger partial charge in [0.2, 0.25) is 5.91 Å². The molecule has 138 valence electrons. The molecule has 1 heterocycles. The van der Waals surface area contributed by atoms with E-state index in [4.69, 9.17) is 23.2 Å². The van der Waals surface area contributed by atoms with Crippen molar-refractivity contribution in [2.75, 3.05) is 13.1 Å². The Morgan fingerprint density at radius 2 is 1.92 bits per heavy atom. The third kappa shape index (κ3) is 5.00. The summed E-state index contributed by atoms with van der Waals surface area (Å²) in [5.74, 6) is 0.135. The minimum Gasteiger partial charge on any atom is -0.352 e. The molecule has 2 aromatic carbocycles. The molecule has 0 aromatic heterocycles. The van der Waals surface area contributed by atoms with Crippen LogP contribution in [0.3, 0.4) is 0 Å². The lowest BCUT2D eigenvalue weighted by Gasteiger charge is -2.32. The number of nitrogens with zero attached hydrogens (tertiary/aromatic N) is 1. The summed E-state index contributed by atoms with van der Waals surface area (Å²) >= 11 is 12.6. The molecule has 0 saturated carbocycles. The number of benzene rings is 2. The van der Waals surface area contributed by atoms with Crippen molar-refractivity contribution in [3.8, 4) is 0 Å². The summed E-state index contributed by atoms with van der Waals surface area (Å²) in [6.07, 6.45) is 1.93. The highest BCUT2D eigenvalue weighted by molar-refractivity contribution is 6.35. The molecule has 3 rings (SSSR count). The van der Waals surface area contributed by atoms with Gasteiger partial charge in [-0.2, -0.15) is 0 Å². The normalized spacial score (nSPS) is 17.9. The highest BCUT2D eigenvalue weighted by atomic mass is 35.5.